The Balaban J connectivity index is 2.42. The largest absolute Gasteiger partial charge is 0.381 e. The summed E-state index contributed by atoms with van der Waals surface area (Å²) in [7, 11) is 0. The fourth-order valence-electron chi connectivity index (χ4n) is 3.50. The number of benzene rings is 1. The minimum absolute atomic E-state index is 0.0337. The molecule has 109 valence electrons. The van der Waals surface area contributed by atoms with Gasteiger partial charge in [0.1, 0.15) is 5.82 Å². The van der Waals surface area contributed by atoms with Crippen LogP contribution in [0.5, 0.6) is 0 Å². The number of hydrogen-bond donors (Lipinski definition) is 0. The molecule has 1 unspecified atom stereocenters. The van der Waals surface area contributed by atoms with Crippen LogP contribution in [0.1, 0.15) is 38.2 Å². The highest BCUT2D eigenvalue weighted by atomic mass is 19.1. The van der Waals surface area contributed by atoms with Crippen LogP contribution in [0.2, 0.25) is 0 Å². The lowest BCUT2D eigenvalue weighted by atomic mass is 9.64. The normalized spacial score (nSPS) is 20.1. The molecule has 0 aliphatic carbocycles. The maximum Gasteiger partial charge on any atom is 0.123 e. The van der Waals surface area contributed by atoms with E-state index in [1.54, 1.807) is 12.1 Å². The monoisotopic (exact) mass is 275 g/mol. The predicted octanol–water partition coefficient (Wildman–Crippen LogP) is 4.68. The Labute approximate surface area is 121 Å². The second kappa shape index (κ2) is 7.03. The molecule has 1 fully saturated rings. The molecule has 2 heteroatoms. The second-order valence-corrected chi connectivity index (χ2v) is 5.59. The van der Waals surface area contributed by atoms with Gasteiger partial charge in [-0.2, -0.15) is 0 Å². The summed E-state index contributed by atoms with van der Waals surface area (Å²) in [4.78, 5) is 0. The van der Waals surface area contributed by atoms with Crippen LogP contribution in [0, 0.1) is 18.7 Å². The van der Waals surface area contributed by atoms with Crippen LogP contribution >= 0.6 is 0 Å². The van der Waals surface area contributed by atoms with E-state index < -0.39 is 0 Å². The molecule has 0 saturated carbocycles. The van der Waals surface area contributed by atoms with Crippen molar-refractivity contribution in [2.75, 3.05) is 13.2 Å². The van der Waals surface area contributed by atoms with Crippen LogP contribution in [0.3, 0.4) is 0 Å². The minimum atomic E-state index is -0.176. The van der Waals surface area contributed by atoms with Gasteiger partial charge in [0.15, 0.2) is 0 Å². The van der Waals surface area contributed by atoms with Crippen molar-refractivity contribution in [1.82, 2.24) is 0 Å². The molecule has 0 aromatic heterocycles. The number of ether oxygens (including phenoxy) is 1. The van der Waals surface area contributed by atoms with Crippen LogP contribution in [-0.2, 0) is 10.2 Å². The number of rotatable bonds is 5. The van der Waals surface area contributed by atoms with E-state index in [0.29, 0.717) is 5.92 Å². The first-order valence-electron chi connectivity index (χ1n) is 7.53. The first-order chi connectivity index (χ1) is 9.73. The number of allylic oxidation sites excluding steroid dienone is 2. The van der Waals surface area contributed by atoms with Crippen molar-refractivity contribution in [1.29, 1.82) is 0 Å². The highest BCUT2D eigenvalue weighted by molar-refractivity contribution is 5.33. The van der Waals surface area contributed by atoms with E-state index in [9.17, 15) is 4.39 Å². The molecule has 1 radical (unpaired) electrons. The van der Waals surface area contributed by atoms with Gasteiger partial charge < -0.3 is 4.74 Å². The van der Waals surface area contributed by atoms with Gasteiger partial charge in [0.2, 0.25) is 0 Å². The molecule has 1 atom stereocenters. The SMILES string of the molecule is [CH2]C=CC(CCC)(c1ccc(F)cc1)C1CCOCC1. The quantitative estimate of drug-likeness (QED) is 0.758. The summed E-state index contributed by atoms with van der Waals surface area (Å²) >= 11 is 0. The van der Waals surface area contributed by atoms with Gasteiger partial charge in [-0.1, -0.05) is 37.6 Å². The Morgan fingerprint density at radius 2 is 1.95 bits per heavy atom. The topological polar surface area (TPSA) is 9.23 Å². The van der Waals surface area contributed by atoms with Gasteiger partial charge >= 0.3 is 0 Å². The zero-order chi connectivity index (χ0) is 14.4. The molecule has 1 aliphatic rings. The van der Waals surface area contributed by atoms with Gasteiger partial charge in [0, 0.05) is 18.6 Å². The summed E-state index contributed by atoms with van der Waals surface area (Å²) in [5.74, 6) is 0.365. The molecule has 0 spiro atoms. The van der Waals surface area contributed by atoms with Crippen LogP contribution < -0.4 is 0 Å². The van der Waals surface area contributed by atoms with Crippen molar-refractivity contribution < 1.29 is 9.13 Å². The lowest BCUT2D eigenvalue weighted by molar-refractivity contribution is 0.0439. The Bertz CT molecular complexity index is 431. The van der Waals surface area contributed by atoms with Crippen LogP contribution in [-0.4, -0.2) is 13.2 Å². The zero-order valence-corrected chi connectivity index (χ0v) is 12.3. The molecular weight excluding hydrogens is 251 g/mol. The van der Waals surface area contributed by atoms with E-state index in [4.69, 9.17) is 4.74 Å². The highest BCUT2D eigenvalue weighted by Crippen LogP contribution is 2.43. The van der Waals surface area contributed by atoms with Crippen molar-refractivity contribution >= 4 is 0 Å². The molecule has 2 rings (SSSR count). The van der Waals surface area contributed by atoms with Gasteiger partial charge in [-0.25, -0.2) is 4.39 Å². The Morgan fingerprint density at radius 1 is 1.30 bits per heavy atom. The van der Waals surface area contributed by atoms with Crippen LogP contribution in [0.15, 0.2) is 36.4 Å². The van der Waals surface area contributed by atoms with Gasteiger partial charge in [0.25, 0.3) is 0 Å². The molecule has 0 N–H and O–H groups in total. The predicted molar refractivity (Wildman–Crippen MR) is 81.0 cm³/mol. The number of hydrogen-bond acceptors (Lipinski definition) is 1. The van der Waals surface area contributed by atoms with Gasteiger partial charge in [-0.3, -0.25) is 0 Å². The summed E-state index contributed by atoms with van der Waals surface area (Å²) < 4.78 is 18.7. The van der Waals surface area contributed by atoms with E-state index in [1.807, 2.05) is 18.2 Å². The third kappa shape index (κ3) is 3.12. The average molecular weight is 275 g/mol. The highest BCUT2D eigenvalue weighted by Gasteiger charge is 2.37. The maximum atomic E-state index is 13.2. The van der Waals surface area contributed by atoms with E-state index in [2.05, 4.69) is 19.9 Å². The Morgan fingerprint density at radius 3 is 2.50 bits per heavy atom. The molecular formula is C18H24FO. The third-order valence-electron chi connectivity index (χ3n) is 4.41. The first-order valence-corrected chi connectivity index (χ1v) is 7.53. The summed E-state index contributed by atoms with van der Waals surface area (Å²) in [6.07, 6.45) is 8.39. The maximum absolute atomic E-state index is 13.2. The lowest BCUT2D eigenvalue weighted by Crippen LogP contribution is -2.37. The zero-order valence-electron chi connectivity index (χ0n) is 12.3. The summed E-state index contributed by atoms with van der Waals surface area (Å²) in [6.45, 7) is 7.75. The van der Waals surface area contributed by atoms with Crippen molar-refractivity contribution in [3.8, 4) is 0 Å². The summed E-state index contributed by atoms with van der Waals surface area (Å²) in [6, 6.07) is 6.99. The molecule has 1 saturated heterocycles. The minimum Gasteiger partial charge on any atom is -0.381 e. The van der Waals surface area contributed by atoms with E-state index in [0.717, 1.165) is 38.9 Å². The van der Waals surface area contributed by atoms with E-state index >= 15 is 0 Å². The van der Waals surface area contributed by atoms with Crippen molar-refractivity contribution in [2.45, 2.75) is 38.0 Å². The summed E-state index contributed by atoms with van der Waals surface area (Å²) in [5, 5.41) is 0. The Hall–Kier alpha value is -1.15. The van der Waals surface area contributed by atoms with Gasteiger partial charge in [0.05, 0.1) is 0 Å². The fourth-order valence-corrected chi connectivity index (χ4v) is 3.50. The molecule has 1 aliphatic heterocycles. The van der Waals surface area contributed by atoms with Gasteiger partial charge in [-0.05, 0) is 49.8 Å². The van der Waals surface area contributed by atoms with E-state index in [-0.39, 0.29) is 11.2 Å². The van der Waals surface area contributed by atoms with Crippen molar-refractivity contribution in [3.05, 3.63) is 54.7 Å². The molecule has 0 bridgehead atoms. The summed E-state index contributed by atoms with van der Waals surface area (Å²) in [5.41, 5.74) is 1.17. The Kier molecular flexibility index (Phi) is 5.36. The third-order valence-corrected chi connectivity index (χ3v) is 4.41. The fraction of sp³-hybridized carbons (Fsp3) is 0.500. The number of halogens is 1. The standard InChI is InChI=1S/C18H24FO/c1-3-11-18(12-4-2,16-9-13-20-14-10-16)15-5-7-17(19)8-6-15/h3,5-8,11,16H,1,4,9-10,12-14H2,2H3. The van der Waals surface area contributed by atoms with Crippen molar-refractivity contribution in [2.24, 2.45) is 5.92 Å². The molecule has 1 heterocycles. The smallest absolute Gasteiger partial charge is 0.123 e. The van der Waals surface area contributed by atoms with Gasteiger partial charge in [-0.15, -0.1) is 0 Å². The van der Waals surface area contributed by atoms with Crippen molar-refractivity contribution in [3.63, 3.8) is 0 Å². The molecule has 0 amide bonds. The molecule has 20 heavy (non-hydrogen) atoms. The first kappa shape index (κ1) is 15.2. The van der Waals surface area contributed by atoms with Crippen LogP contribution in [0.4, 0.5) is 4.39 Å². The molecule has 1 nitrogen and oxygen atoms in total. The molecule has 1 aromatic rings. The molecule has 1 aromatic carbocycles. The lowest BCUT2D eigenvalue weighted by Gasteiger charge is -2.41. The second-order valence-electron chi connectivity index (χ2n) is 5.59. The van der Waals surface area contributed by atoms with Crippen LogP contribution in [0.25, 0.3) is 0 Å². The average Bonchev–Trinajstić information content (AvgIpc) is 2.48. The van der Waals surface area contributed by atoms with E-state index in [1.165, 1.54) is 5.56 Å².